The third-order valence-electron chi connectivity index (χ3n) is 9.05. The number of primary amides is 1. The van der Waals surface area contributed by atoms with Crippen LogP contribution in [0.4, 0.5) is 5.69 Å². The fourth-order valence-electron chi connectivity index (χ4n) is 7.15. The van der Waals surface area contributed by atoms with Gasteiger partial charge in [0.15, 0.2) is 34.7 Å². The Balaban J connectivity index is 1.64. The van der Waals surface area contributed by atoms with Crippen molar-refractivity contribution in [3.8, 4) is 5.75 Å². The quantitative estimate of drug-likeness (QED) is 0.354. The number of fused-ring (bicyclic) bond motifs is 3. The van der Waals surface area contributed by atoms with Gasteiger partial charge in [-0.15, -0.1) is 0 Å². The summed E-state index contributed by atoms with van der Waals surface area (Å²) in [5.74, 6) is -11.9. The lowest BCUT2D eigenvalue weighted by Gasteiger charge is -2.52. The van der Waals surface area contributed by atoms with E-state index in [0.717, 1.165) is 0 Å². The van der Waals surface area contributed by atoms with Crippen LogP contribution >= 0.6 is 0 Å². The molecule has 0 spiro atoms. The lowest BCUT2D eigenvalue weighted by atomic mass is 9.52. The molecule has 13 heteroatoms. The van der Waals surface area contributed by atoms with Gasteiger partial charge in [0.25, 0.3) is 5.91 Å². The summed E-state index contributed by atoms with van der Waals surface area (Å²) in [6.07, 6.45) is 0.0604. The molecule has 1 aromatic carbocycles. The summed E-state index contributed by atoms with van der Waals surface area (Å²) in [4.78, 5) is 85.0. The van der Waals surface area contributed by atoms with Gasteiger partial charge >= 0.3 is 0 Å². The second-order valence-corrected chi connectivity index (χ2v) is 11.7. The van der Waals surface area contributed by atoms with Gasteiger partial charge in [0.1, 0.15) is 5.75 Å². The molecule has 1 aliphatic heterocycles. The summed E-state index contributed by atoms with van der Waals surface area (Å²) in [5.41, 5.74) is 3.17. The topological polar surface area (TPSA) is 188 Å². The summed E-state index contributed by atoms with van der Waals surface area (Å²) in [7, 11) is 6.51. The van der Waals surface area contributed by atoms with Crippen molar-refractivity contribution in [1.82, 2.24) is 9.80 Å². The van der Waals surface area contributed by atoms with Gasteiger partial charge in [-0.1, -0.05) is 0 Å². The van der Waals surface area contributed by atoms with Gasteiger partial charge in [0, 0.05) is 38.8 Å². The molecular formula is C28H34N4O9. The number of rotatable bonds is 4. The summed E-state index contributed by atoms with van der Waals surface area (Å²) in [6, 6.07) is 0.348. The van der Waals surface area contributed by atoms with Crippen molar-refractivity contribution in [2.75, 3.05) is 59.4 Å². The zero-order valence-corrected chi connectivity index (χ0v) is 23.4. The molecule has 4 N–H and O–H groups in total. The average molecular weight is 571 g/mol. The number of phenolic OH excluding ortho intramolecular Hbond substituents is 1. The van der Waals surface area contributed by atoms with Crippen molar-refractivity contribution in [3.05, 3.63) is 22.8 Å². The predicted octanol–water partition coefficient (Wildman–Crippen LogP) is -1.59. The van der Waals surface area contributed by atoms with Gasteiger partial charge in [-0.25, -0.2) is 0 Å². The van der Waals surface area contributed by atoms with Crippen LogP contribution in [0.25, 0.3) is 0 Å². The minimum Gasteiger partial charge on any atom is -0.506 e. The zero-order valence-electron chi connectivity index (χ0n) is 23.4. The van der Waals surface area contributed by atoms with E-state index in [9.17, 15) is 39.0 Å². The SMILES string of the molecule is CN(C)c1cc(C(=O)N2CCOCC2)c(O)c2c1CC1CC3C(N(C)C)C(=O)C(C(N)=O)C(=O)C3(O)C(=O)C1C2=O. The standard InChI is InChI=1S/C28H34N4O9/c1-30(2)16-11-14(27(39)32-5-7-41-8-6-32)21(33)18-13(16)9-12-10-15-20(31(3)4)23(35)19(26(29)38)25(37)28(15,40)24(36)17(12)22(18)34/h11-12,15,17,19-20,33,40H,5-10H2,1-4H3,(H2,29,38). The van der Waals surface area contributed by atoms with Crippen molar-refractivity contribution < 1.29 is 43.7 Å². The van der Waals surface area contributed by atoms with Crippen LogP contribution in [0.3, 0.4) is 0 Å². The summed E-state index contributed by atoms with van der Waals surface area (Å²) in [6.45, 7) is 1.25. The highest BCUT2D eigenvalue weighted by atomic mass is 16.5. The second kappa shape index (κ2) is 10.00. The number of aromatic hydroxyl groups is 1. The van der Waals surface area contributed by atoms with Crippen LogP contribution in [-0.4, -0.2) is 121 Å². The van der Waals surface area contributed by atoms with Gasteiger partial charge < -0.3 is 30.5 Å². The van der Waals surface area contributed by atoms with E-state index < -0.39 is 76.0 Å². The van der Waals surface area contributed by atoms with Crippen molar-refractivity contribution in [3.63, 3.8) is 0 Å². The van der Waals surface area contributed by atoms with Gasteiger partial charge in [-0.2, -0.15) is 0 Å². The van der Waals surface area contributed by atoms with E-state index in [1.54, 1.807) is 19.0 Å². The van der Waals surface area contributed by atoms with E-state index in [1.165, 1.54) is 30.0 Å². The van der Waals surface area contributed by atoms with Crippen LogP contribution in [0.1, 0.15) is 32.7 Å². The highest BCUT2D eigenvalue weighted by Gasteiger charge is 2.69. The number of ether oxygens (including phenoxy) is 1. The number of carbonyl (C=O) groups excluding carboxylic acids is 6. The Morgan fingerprint density at radius 1 is 1.07 bits per heavy atom. The van der Waals surface area contributed by atoms with E-state index in [1.807, 2.05) is 0 Å². The molecule has 3 aliphatic carbocycles. The molecule has 0 radical (unpaired) electrons. The number of carbonyl (C=O) groups is 6. The Bertz CT molecular complexity index is 1380. The Morgan fingerprint density at radius 3 is 2.27 bits per heavy atom. The third-order valence-corrected chi connectivity index (χ3v) is 9.05. The molecule has 220 valence electrons. The van der Waals surface area contributed by atoms with E-state index >= 15 is 0 Å². The van der Waals surface area contributed by atoms with Crippen LogP contribution in [0.2, 0.25) is 0 Å². The van der Waals surface area contributed by atoms with Crippen LogP contribution in [-0.2, 0) is 30.3 Å². The minimum absolute atomic E-state index is 0.0496. The number of hydrogen-bond acceptors (Lipinski definition) is 11. The van der Waals surface area contributed by atoms with E-state index in [4.69, 9.17) is 10.5 Å². The lowest BCUT2D eigenvalue weighted by molar-refractivity contribution is -0.181. The first-order valence-electron chi connectivity index (χ1n) is 13.5. The Hall–Kier alpha value is -3.68. The first-order valence-corrected chi connectivity index (χ1v) is 13.5. The number of phenols is 1. The smallest absolute Gasteiger partial charge is 0.257 e. The lowest BCUT2D eigenvalue weighted by Crippen LogP contribution is -2.74. The molecule has 0 bridgehead atoms. The molecule has 2 saturated carbocycles. The molecule has 3 fully saturated rings. The Kier molecular flexibility index (Phi) is 7.03. The molecule has 1 heterocycles. The van der Waals surface area contributed by atoms with E-state index in [0.29, 0.717) is 37.6 Å². The van der Waals surface area contributed by atoms with Gasteiger partial charge in [-0.05, 0) is 44.5 Å². The number of Topliss-reactive ketones (excluding diaryl/α,β-unsaturated/α-hetero) is 4. The highest BCUT2D eigenvalue weighted by molar-refractivity contribution is 6.32. The van der Waals surface area contributed by atoms with E-state index in [-0.39, 0.29) is 24.0 Å². The Labute approximate surface area is 236 Å². The number of benzene rings is 1. The number of amides is 2. The molecule has 0 aromatic heterocycles. The van der Waals surface area contributed by atoms with Gasteiger partial charge in [0.05, 0.1) is 36.3 Å². The molecule has 1 aromatic rings. The highest BCUT2D eigenvalue weighted by Crippen LogP contribution is 2.52. The van der Waals surface area contributed by atoms with Gasteiger partial charge in [0.2, 0.25) is 5.91 Å². The number of morpholine rings is 1. The van der Waals surface area contributed by atoms with Crippen LogP contribution in [0, 0.1) is 23.7 Å². The average Bonchev–Trinajstić information content (AvgIpc) is 2.90. The molecule has 6 unspecified atom stereocenters. The normalized spacial score (nSPS) is 31.5. The van der Waals surface area contributed by atoms with Crippen LogP contribution in [0.15, 0.2) is 6.07 Å². The third kappa shape index (κ3) is 4.09. The number of likely N-dealkylation sites (N-methyl/N-ethyl adjacent to an activating group) is 1. The van der Waals surface area contributed by atoms with Crippen molar-refractivity contribution in [1.29, 1.82) is 0 Å². The largest absolute Gasteiger partial charge is 0.506 e. The van der Waals surface area contributed by atoms with Crippen molar-refractivity contribution >= 4 is 40.6 Å². The molecule has 1 saturated heterocycles. The van der Waals surface area contributed by atoms with Gasteiger partial charge in [-0.3, -0.25) is 33.7 Å². The van der Waals surface area contributed by atoms with Crippen molar-refractivity contribution in [2.24, 2.45) is 29.4 Å². The molecular weight excluding hydrogens is 536 g/mol. The number of ketones is 4. The Morgan fingerprint density at radius 2 is 1.71 bits per heavy atom. The fraction of sp³-hybridized carbons (Fsp3) is 0.571. The molecule has 41 heavy (non-hydrogen) atoms. The summed E-state index contributed by atoms with van der Waals surface area (Å²) < 4.78 is 5.31. The monoisotopic (exact) mass is 570 g/mol. The van der Waals surface area contributed by atoms with E-state index in [2.05, 4.69) is 0 Å². The summed E-state index contributed by atoms with van der Waals surface area (Å²) >= 11 is 0. The minimum atomic E-state index is -2.81. The molecule has 6 atom stereocenters. The molecule has 2 amide bonds. The number of nitrogens with zero attached hydrogens (tertiary/aromatic N) is 3. The second-order valence-electron chi connectivity index (χ2n) is 11.7. The maximum Gasteiger partial charge on any atom is 0.257 e. The molecule has 5 rings (SSSR count). The number of hydrogen-bond donors (Lipinski definition) is 3. The first kappa shape index (κ1) is 28.8. The van der Waals surface area contributed by atoms with Crippen LogP contribution < -0.4 is 10.6 Å². The number of aliphatic hydroxyl groups is 1. The fourth-order valence-corrected chi connectivity index (χ4v) is 7.15. The predicted molar refractivity (Wildman–Crippen MR) is 142 cm³/mol. The maximum atomic E-state index is 14.1. The molecule has 4 aliphatic rings. The number of anilines is 1. The summed E-state index contributed by atoms with van der Waals surface area (Å²) in [5, 5.41) is 23.1. The van der Waals surface area contributed by atoms with Crippen molar-refractivity contribution in [2.45, 2.75) is 24.5 Å². The number of nitrogens with two attached hydrogens (primary N) is 1. The zero-order chi connectivity index (χ0) is 30.1. The van der Waals surface area contributed by atoms with Crippen LogP contribution in [0.5, 0.6) is 5.75 Å². The molecule has 13 nitrogen and oxygen atoms in total. The maximum absolute atomic E-state index is 14.1. The first-order chi connectivity index (χ1) is 19.2.